The normalized spacial score (nSPS) is 11.7. The van der Waals surface area contributed by atoms with Crippen LogP contribution in [-0.4, -0.2) is 37.0 Å². The van der Waals surface area contributed by atoms with Crippen LogP contribution in [0.5, 0.6) is 0 Å². The van der Waals surface area contributed by atoms with Crippen molar-refractivity contribution in [1.82, 2.24) is 5.32 Å². The Balaban J connectivity index is 2.72. The van der Waals surface area contributed by atoms with Gasteiger partial charge in [0, 0.05) is 5.56 Å². The van der Waals surface area contributed by atoms with Gasteiger partial charge in [-0.25, -0.2) is 4.79 Å². The van der Waals surface area contributed by atoms with E-state index in [0.29, 0.717) is 12.0 Å². The molecule has 0 saturated carbocycles. The number of hydrogen-bond donors (Lipinski definition) is 1. The van der Waals surface area contributed by atoms with Gasteiger partial charge in [0.2, 0.25) is 0 Å². The highest BCUT2D eigenvalue weighted by Gasteiger charge is 2.21. The van der Waals surface area contributed by atoms with Gasteiger partial charge in [0.25, 0.3) is 5.91 Å². The Labute approximate surface area is 117 Å². The minimum Gasteiger partial charge on any atom is -0.467 e. The lowest BCUT2D eigenvalue weighted by Gasteiger charge is -2.16. The number of carbonyl (C=O) groups excluding carboxylic acids is 2. The Kier molecular flexibility index (Phi) is 6.42. The second kappa shape index (κ2) is 7.84. The summed E-state index contributed by atoms with van der Waals surface area (Å²) in [6.07, 6.45) is 2.52. The second-order valence-electron chi connectivity index (χ2n) is 4.20. The van der Waals surface area contributed by atoms with Crippen molar-refractivity contribution in [1.29, 1.82) is 0 Å². The summed E-state index contributed by atoms with van der Waals surface area (Å²) in [6.45, 7) is 1.92. The Morgan fingerprint density at radius 2 is 2.16 bits per heavy atom. The second-order valence-corrected chi connectivity index (χ2v) is 5.19. The first-order chi connectivity index (χ1) is 9.08. The van der Waals surface area contributed by atoms with Crippen LogP contribution in [0.15, 0.2) is 24.3 Å². The molecule has 104 valence electrons. The Hall–Kier alpha value is -1.49. The number of carbonyl (C=O) groups is 2. The summed E-state index contributed by atoms with van der Waals surface area (Å²) in [7, 11) is 1.33. The van der Waals surface area contributed by atoms with Crippen molar-refractivity contribution in [3.63, 3.8) is 0 Å². The number of methoxy groups -OCH3 is 1. The number of rotatable bonds is 6. The van der Waals surface area contributed by atoms with E-state index in [1.54, 1.807) is 23.9 Å². The lowest BCUT2D eigenvalue weighted by atomic mass is 10.1. The number of hydrogen-bond acceptors (Lipinski definition) is 4. The monoisotopic (exact) mass is 281 g/mol. The molecule has 0 heterocycles. The molecule has 0 radical (unpaired) electrons. The van der Waals surface area contributed by atoms with Crippen molar-refractivity contribution in [3.05, 3.63) is 35.4 Å². The van der Waals surface area contributed by atoms with E-state index >= 15 is 0 Å². The number of aryl methyl sites for hydroxylation is 1. The molecule has 1 N–H and O–H groups in total. The molecule has 0 aliphatic rings. The molecule has 0 aliphatic heterocycles. The molecule has 0 saturated heterocycles. The molecule has 0 fully saturated rings. The highest BCUT2D eigenvalue weighted by Crippen LogP contribution is 2.07. The first-order valence-corrected chi connectivity index (χ1v) is 7.42. The van der Waals surface area contributed by atoms with Crippen molar-refractivity contribution in [3.8, 4) is 0 Å². The van der Waals surface area contributed by atoms with Gasteiger partial charge in [0.1, 0.15) is 6.04 Å². The molecule has 1 unspecified atom stereocenters. The van der Waals surface area contributed by atoms with E-state index < -0.39 is 12.0 Å². The average Bonchev–Trinajstić information content (AvgIpc) is 2.42. The third kappa shape index (κ3) is 4.95. The molecule has 1 amide bonds. The number of thioether (sulfide) groups is 1. The molecule has 5 heteroatoms. The van der Waals surface area contributed by atoms with Crippen LogP contribution in [0.4, 0.5) is 0 Å². The molecule has 1 aromatic rings. The van der Waals surface area contributed by atoms with E-state index in [-0.39, 0.29) is 5.91 Å². The van der Waals surface area contributed by atoms with Gasteiger partial charge in [-0.05, 0) is 37.5 Å². The lowest BCUT2D eigenvalue weighted by molar-refractivity contribution is -0.142. The molecule has 4 nitrogen and oxygen atoms in total. The van der Waals surface area contributed by atoms with Gasteiger partial charge in [0.15, 0.2) is 0 Å². The standard InChI is InChI=1S/C14H19NO3S/c1-10-5-4-6-11(9-10)13(16)15-12(7-8-19-3)14(17)18-2/h4-6,9,12H,7-8H2,1-3H3,(H,15,16). The Bertz CT molecular complexity index is 448. The molecule has 1 atom stereocenters. The van der Waals surface area contributed by atoms with Crippen LogP contribution < -0.4 is 5.32 Å². The minimum absolute atomic E-state index is 0.250. The summed E-state index contributed by atoms with van der Waals surface area (Å²) >= 11 is 1.62. The van der Waals surface area contributed by atoms with Crippen LogP contribution in [0.2, 0.25) is 0 Å². The first-order valence-electron chi connectivity index (χ1n) is 6.02. The van der Waals surface area contributed by atoms with Crippen LogP contribution in [0.1, 0.15) is 22.3 Å². The summed E-state index contributed by atoms with van der Waals surface area (Å²) in [6, 6.07) is 6.66. The van der Waals surface area contributed by atoms with E-state index in [9.17, 15) is 9.59 Å². The zero-order valence-corrected chi connectivity index (χ0v) is 12.3. The smallest absolute Gasteiger partial charge is 0.328 e. The summed E-state index contributed by atoms with van der Waals surface area (Å²) in [5, 5.41) is 2.72. The molecular weight excluding hydrogens is 262 g/mol. The van der Waals surface area contributed by atoms with Crippen molar-refractivity contribution in [2.75, 3.05) is 19.1 Å². The maximum absolute atomic E-state index is 12.1. The molecule has 1 rings (SSSR count). The van der Waals surface area contributed by atoms with E-state index in [2.05, 4.69) is 5.32 Å². The van der Waals surface area contributed by atoms with Gasteiger partial charge >= 0.3 is 5.97 Å². The molecule has 1 aromatic carbocycles. The van der Waals surface area contributed by atoms with Gasteiger partial charge in [-0.3, -0.25) is 4.79 Å². The van der Waals surface area contributed by atoms with Crippen molar-refractivity contribution < 1.29 is 14.3 Å². The molecule has 19 heavy (non-hydrogen) atoms. The number of amides is 1. The fourth-order valence-corrected chi connectivity index (χ4v) is 2.13. The molecule has 0 bridgehead atoms. The van der Waals surface area contributed by atoms with Gasteiger partial charge in [-0.15, -0.1) is 0 Å². The van der Waals surface area contributed by atoms with Gasteiger partial charge in [-0.1, -0.05) is 17.7 Å². The van der Waals surface area contributed by atoms with Crippen molar-refractivity contribution in [2.45, 2.75) is 19.4 Å². The molecule has 0 aromatic heterocycles. The van der Waals surface area contributed by atoms with Crippen LogP contribution in [0, 0.1) is 6.92 Å². The Morgan fingerprint density at radius 1 is 1.42 bits per heavy atom. The van der Waals surface area contributed by atoms with E-state index in [0.717, 1.165) is 11.3 Å². The van der Waals surface area contributed by atoms with Gasteiger partial charge < -0.3 is 10.1 Å². The summed E-state index contributed by atoms with van der Waals surface area (Å²) in [5.41, 5.74) is 1.56. The fraction of sp³-hybridized carbons (Fsp3) is 0.429. The predicted octanol–water partition coefficient (Wildman–Crippen LogP) is 2.02. The predicted molar refractivity (Wildman–Crippen MR) is 77.4 cm³/mol. The van der Waals surface area contributed by atoms with Gasteiger partial charge in [-0.2, -0.15) is 11.8 Å². The lowest BCUT2D eigenvalue weighted by Crippen LogP contribution is -2.41. The number of benzene rings is 1. The van der Waals surface area contributed by atoms with Crippen LogP contribution in [-0.2, 0) is 9.53 Å². The summed E-state index contributed by atoms with van der Waals surface area (Å²) in [4.78, 5) is 23.7. The van der Waals surface area contributed by atoms with Crippen LogP contribution in [0.3, 0.4) is 0 Å². The number of nitrogens with one attached hydrogen (secondary N) is 1. The maximum Gasteiger partial charge on any atom is 0.328 e. The van der Waals surface area contributed by atoms with E-state index in [1.807, 2.05) is 25.3 Å². The third-order valence-corrected chi connectivity index (χ3v) is 3.33. The highest BCUT2D eigenvalue weighted by atomic mass is 32.2. The quantitative estimate of drug-likeness (QED) is 0.811. The van der Waals surface area contributed by atoms with Crippen molar-refractivity contribution >= 4 is 23.6 Å². The number of ether oxygens (including phenoxy) is 1. The SMILES string of the molecule is COC(=O)C(CCSC)NC(=O)c1cccc(C)c1. The fourth-order valence-electron chi connectivity index (χ4n) is 1.65. The summed E-state index contributed by atoms with van der Waals surface area (Å²) in [5.74, 6) is 0.128. The first kappa shape index (κ1) is 15.6. The molecule has 0 aliphatic carbocycles. The molecule has 0 spiro atoms. The maximum atomic E-state index is 12.1. The zero-order valence-electron chi connectivity index (χ0n) is 11.4. The van der Waals surface area contributed by atoms with E-state index in [4.69, 9.17) is 4.74 Å². The average molecular weight is 281 g/mol. The minimum atomic E-state index is -0.592. The topological polar surface area (TPSA) is 55.4 Å². The molecular formula is C14H19NO3S. The highest BCUT2D eigenvalue weighted by molar-refractivity contribution is 7.98. The largest absolute Gasteiger partial charge is 0.467 e. The van der Waals surface area contributed by atoms with Crippen LogP contribution in [0.25, 0.3) is 0 Å². The summed E-state index contributed by atoms with van der Waals surface area (Å²) < 4.78 is 4.71. The van der Waals surface area contributed by atoms with Crippen LogP contribution >= 0.6 is 11.8 Å². The van der Waals surface area contributed by atoms with Gasteiger partial charge in [0.05, 0.1) is 7.11 Å². The zero-order chi connectivity index (χ0) is 14.3. The third-order valence-electron chi connectivity index (χ3n) is 2.68. The van der Waals surface area contributed by atoms with E-state index in [1.165, 1.54) is 7.11 Å². The Morgan fingerprint density at radius 3 is 2.74 bits per heavy atom. The number of esters is 1. The van der Waals surface area contributed by atoms with Crippen molar-refractivity contribution in [2.24, 2.45) is 0 Å².